The number of nitrogens with zero attached hydrogens (tertiary/aromatic N) is 1. The van der Waals surface area contributed by atoms with Gasteiger partial charge in [0.2, 0.25) is 0 Å². The number of benzene rings is 1. The van der Waals surface area contributed by atoms with Gasteiger partial charge in [0.05, 0.1) is 4.47 Å². The molecule has 4 nitrogen and oxygen atoms in total. The molecule has 1 aromatic carbocycles. The van der Waals surface area contributed by atoms with Crippen molar-refractivity contribution < 1.29 is 9.53 Å². The molecule has 1 aromatic heterocycles. The molecule has 0 saturated heterocycles. The molecule has 0 aliphatic carbocycles. The van der Waals surface area contributed by atoms with Crippen LogP contribution in [0.4, 0.5) is 10.6 Å². The molecule has 0 radical (unpaired) electrons. The van der Waals surface area contributed by atoms with Gasteiger partial charge in [0.1, 0.15) is 11.6 Å². The maximum absolute atomic E-state index is 11.5. The van der Waals surface area contributed by atoms with Crippen LogP contribution >= 0.6 is 15.9 Å². The van der Waals surface area contributed by atoms with E-state index in [1.165, 1.54) is 0 Å². The molecule has 0 bridgehead atoms. The molecule has 1 amide bonds. The predicted molar refractivity (Wildman–Crippen MR) is 68.0 cm³/mol. The van der Waals surface area contributed by atoms with Crippen LogP contribution in [0.3, 0.4) is 0 Å². The zero-order chi connectivity index (χ0) is 12.1. The highest BCUT2D eigenvalue weighted by atomic mass is 79.9. The quantitative estimate of drug-likeness (QED) is 0.922. The Kier molecular flexibility index (Phi) is 3.72. The molecule has 0 fully saturated rings. The van der Waals surface area contributed by atoms with Crippen LogP contribution in [-0.4, -0.2) is 11.1 Å². The first-order valence-corrected chi connectivity index (χ1v) is 5.69. The summed E-state index contributed by atoms with van der Waals surface area (Å²) in [6.07, 6.45) is 1.01. The van der Waals surface area contributed by atoms with Crippen LogP contribution in [0.2, 0.25) is 0 Å². The molecular weight excluding hydrogens is 284 g/mol. The molecule has 5 heteroatoms. The number of ether oxygens (including phenoxy) is 1. The number of carbonyl (C=O) groups is 1. The van der Waals surface area contributed by atoms with Crippen LogP contribution in [0.25, 0.3) is 0 Å². The summed E-state index contributed by atoms with van der Waals surface area (Å²) in [6.45, 7) is 0. The molecule has 0 aliphatic heterocycles. The van der Waals surface area contributed by atoms with Gasteiger partial charge in [0, 0.05) is 6.20 Å². The molecule has 1 N–H and O–H groups in total. The molecule has 0 aliphatic rings. The van der Waals surface area contributed by atoms with Crippen molar-refractivity contribution in [1.29, 1.82) is 0 Å². The Labute approximate surface area is 107 Å². The van der Waals surface area contributed by atoms with Crippen LogP contribution in [0.15, 0.2) is 53.1 Å². The molecule has 0 saturated carbocycles. The van der Waals surface area contributed by atoms with Gasteiger partial charge in [0.25, 0.3) is 0 Å². The average molecular weight is 293 g/mol. The largest absolute Gasteiger partial charge is 0.418 e. The maximum atomic E-state index is 11.5. The first-order chi connectivity index (χ1) is 8.25. The fourth-order valence-corrected chi connectivity index (χ4v) is 1.55. The normalized spacial score (nSPS) is 9.71. The van der Waals surface area contributed by atoms with Crippen LogP contribution in [0.5, 0.6) is 5.75 Å². The average Bonchev–Trinajstić information content (AvgIpc) is 2.33. The Morgan fingerprint density at radius 3 is 2.65 bits per heavy atom. The number of pyridine rings is 1. The highest BCUT2D eigenvalue weighted by molar-refractivity contribution is 9.10. The van der Waals surface area contributed by atoms with Crippen molar-refractivity contribution in [2.75, 3.05) is 5.32 Å². The van der Waals surface area contributed by atoms with Gasteiger partial charge in [-0.05, 0) is 40.2 Å². The summed E-state index contributed by atoms with van der Waals surface area (Å²) in [6, 6.07) is 12.4. The van der Waals surface area contributed by atoms with E-state index in [1.54, 1.807) is 42.6 Å². The summed E-state index contributed by atoms with van der Waals surface area (Å²) < 4.78 is 5.76. The number of hydrogen-bond donors (Lipinski definition) is 1. The monoisotopic (exact) mass is 292 g/mol. The molecule has 2 rings (SSSR count). The van der Waals surface area contributed by atoms with E-state index in [-0.39, 0.29) is 0 Å². The number of para-hydroxylation sites is 1. The van der Waals surface area contributed by atoms with E-state index < -0.39 is 6.09 Å². The van der Waals surface area contributed by atoms with E-state index in [0.29, 0.717) is 16.0 Å². The van der Waals surface area contributed by atoms with E-state index >= 15 is 0 Å². The summed E-state index contributed by atoms with van der Waals surface area (Å²) in [5.74, 6) is 0.908. The second-order valence-electron chi connectivity index (χ2n) is 3.16. The Balaban J connectivity index is 2.01. The number of aromatic nitrogens is 1. The molecule has 2 aromatic rings. The number of halogens is 1. The molecule has 1 heterocycles. The first kappa shape index (κ1) is 11.6. The van der Waals surface area contributed by atoms with Gasteiger partial charge in [-0.1, -0.05) is 18.2 Å². The number of hydrogen-bond acceptors (Lipinski definition) is 3. The van der Waals surface area contributed by atoms with Gasteiger partial charge in [-0.3, -0.25) is 5.32 Å². The second-order valence-corrected chi connectivity index (χ2v) is 4.02. The van der Waals surface area contributed by atoms with Crippen molar-refractivity contribution >= 4 is 27.8 Å². The molecule has 0 atom stereocenters. The summed E-state index contributed by atoms with van der Waals surface area (Å²) in [7, 11) is 0. The summed E-state index contributed by atoms with van der Waals surface area (Å²) in [5, 5.41) is 2.54. The fraction of sp³-hybridized carbons (Fsp3) is 0. The predicted octanol–water partition coefficient (Wildman–Crippen LogP) is 3.46. The van der Waals surface area contributed by atoms with Gasteiger partial charge in [0.15, 0.2) is 0 Å². The Morgan fingerprint density at radius 2 is 1.94 bits per heavy atom. The summed E-state index contributed by atoms with van der Waals surface area (Å²) in [5.41, 5.74) is 0. The zero-order valence-corrected chi connectivity index (χ0v) is 10.3. The van der Waals surface area contributed by atoms with Gasteiger partial charge in [-0.25, -0.2) is 9.78 Å². The van der Waals surface area contributed by atoms with E-state index in [0.717, 1.165) is 0 Å². The number of carbonyl (C=O) groups excluding carboxylic acids is 1. The lowest BCUT2D eigenvalue weighted by atomic mass is 10.3. The molecular formula is C12H9BrN2O2. The smallest absolute Gasteiger partial charge is 0.410 e. The number of nitrogens with one attached hydrogen (secondary N) is 1. The van der Waals surface area contributed by atoms with E-state index in [4.69, 9.17) is 4.74 Å². The van der Waals surface area contributed by atoms with Crippen LogP contribution in [-0.2, 0) is 0 Å². The second kappa shape index (κ2) is 5.45. The number of anilines is 1. The Morgan fingerprint density at radius 1 is 1.18 bits per heavy atom. The Bertz CT molecular complexity index is 517. The van der Waals surface area contributed by atoms with Gasteiger partial charge < -0.3 is 4.74 Å². The lowest BCUT2D eigenvalue weighted by Gasteiger charge is -2.06. The van der Waals surface area contributed by atoms with Gasteiger partial charge in [-0.2, -0.15) is 0 Å². The number of amides is 1. The van der Waals surface area contributed by atoms with Gasteiger partial charge in [-0.15, -0.1) is 0 Å². The van der Waals surface area contributed by atoms with Crippen molar-refractivity contribution in [3.8, 4) is 5.75 Å². The summed E-state index contributed by atoms with van der Waals surface area (Å²) in [4.78, 5) is 15.5. The fourth-order valence-electron chi connectivity index (χ4n) is 1.20. The molecule has 86 valence electrons. The highest BCUT2D eigenvalue weighted by Gasteiger charge is 2.07. The number of rotatable bonds is 2. The van der Waals surface area contributed by atoms with Crippen molar-refractivity contribution in [1.82, 2.24) is 4.98 Å². The third-order valence-electron chi connectivity index (χ3n) is 1.93. The third-order valence-corrected chi connectivity index (χ3v) is 2.57. The van der Waals surface area contributed by atoms with Gasteiger partial charge >= 0.3 is 6.09 Å². The van der Waals surface area contributed by atoms with Crippen LogP contribution < -0.4 is 10.1 Å². The van der Waals surface area contributed by atoms with Crippen molar-refractivity contribution in [3.05, 3.63) is 53.1 Å². The first-order valence-electron chi connectivity index (χ1n) is 4.90. The van der Waals surface area contributed by atoms with E-state index in [9.17, 15) is 4.79 Å². The van der Waals surface area contributed by atoms with Crippen molar-refractivity contribution in [2.45, 2.75) is 0 Å². The molecule has 0 spiro atoms. The topological polar surface area (TPSA) is 51.2 Å². The van der Waals surface area contributed by atoms with Crippen LogP contribution in [0, 0.1) is 0 Å². The van der Waals surface area contributed by atoms with E-state index in [2.05, 4.69) is 26.2 Å². The van der Waals surface area contributed by atoms with Crippen molar-refractivity contribution in [3.63, 3.8) is 0 Å². The van der Waals surface area contributed by atoms with Crippen LogP contribution in [0.1, 0.15) is 0 Å². The standard InChI is InChI=1S/C12H9BrN2O2/c13-10-7-4-8-14-11(10)15-12(16)17-9-5-2-1-3-6-9/h1-8H,(H,14,15,16). The minimum absolute atomic E-state index is 0.424. The molecule has 17 heavy (non-hydrogen) atoms. The zero-order valence-electron chi connectivity index (χ0n) is 8.76. The lowest BCUT2D eigenvalue weighted by molar-refractivity contribution is 0.215. The summed E-state index contributed by atoms with van der Waals surface area (Å²) >= 11 is 3.28. The van der Waals surface area contributed by atoms with E-state index in [1.807, 2.05) is 6.07 Å². The molecule has 0 unspecified atom stereocenters. The highest BCUT2D eigenvalue weighted by Crippen LogP contribution is 2.18. The lowest BCUT2D eigenvalue weighted by Crippen LogP contribution is -2.17. The van der Waals surface area contributed by atoms with Crippen molar-refractivity contribution in [2.24, 2.45) is 0 Å². The minimum Gasteiger partial charge on any atom is -0.410 e. The SMILES string of the molecule is O=C(Nc1ncccc1Br)Oc1ccccc1. The Hall–Kier alpha value is -1.88. The minimum atomic E-state index is -0.574. The maximum Gasteiger partial charge on any atom is 0.418 e. The third kappa shape index (κ3) is 3.29.